The van der Waals surface area contributed by atoms with Crippen molar-refractivity contribution < 1.29 is 4.42 Å². The Morgan fingerprint density at radius 3 is 1.58 bits per heavy atom. The molecule has 236 valence electrons. The van der Waals surface area contributed by atoms with E-state index in [9.17, 15) is 0 Å². The van der Waals surface area contributed by atoms with E-state index in [1.807, 2.05) is 19.1 Å². The van der Waals surface area contributed by atoms with Crippen LogP contribution >= 0.6 is 0 Å². The molecule has 0 atom stereocenters. The third kappa shape index (κ3) is 4.95. The first kappa shape index (κ1) is 29.7. The van der Waals surface area contributed by atoms with Crippen molar-refractivity contribution in [2.45, 2.75) is 6.92 Å². The van der Waals surface area contributed by atoms with E-state index in [1.165, 1.54) is 60.5 Å². The summed E-state index contributed by atoms with van der Waals surface area (Å²) in [6.45, 7) is 6.08. The van der Waals surface area contributed by atoms with Crippen molar-refractivity contribution in [3.8, 4) is 44.5 Å². The topological polar surface area (TPSA) is 13.1 Å². The summed E-state index contributed by atoms with van der Waals surface area (Å²) in [5.74, 6) is 0. The summed E-state index contributed by atoms with van der Waals surface area (Å²) in [4.78, 5) is 0. The molecule has 1 nitrogen and oxygen atoms in total. The van der Waals surface area contributed by atoms with E-state index in [0.717, 1.165) is 38.6 Å². The molecule has 9 aromatic rings. The molecule has 0 unspecified atom stereocenters. The van der Waals surface area contributed by atoms with Gasteiger partial charge >= 0.3 is 0 Å². The van der Waals surface area contributed by atoms with Crippen molar-refractivity contribution in [2.75, 3.05) is 0 Å². The second-order valence-corrected chi connectivity index (χ2v) is 12.9. The zero-order valence-corrected chi connectivity index (χ0v) is 27.9. The van der Waals surface area contributed by atoms with Gasteiger partial charge in [0, 0.05) is 10.8 Å². The number of benzene rings is 8. The van der Waals surface area contributed by atoms with Crippen LogP contribution in [0.15, 0.2) is 175 Å². The van der Waals surface area contributed by atoms with E-state index in [0.29, 0.717) is 0 Å². The molecule has 1 heterocycles. The Labute approximate surface area is 292 Å². The maximum atomic E-state index is 6.29. The predicted octanol–water partition coefficient (Wildman–Crippen LogP) is 14.2. The molecule has 0 fully saturated rings. The van der Waals surface area contributed by atoms with Gasteiger partial charge < -0.3 is 4.42 Å². The molecule has 8 aromatic carbocycles. The normalized spacial score (nSPS) is 11.7. The molecule has 0 spiro atoms. The number of fused-ring (bicyclic) bond motifs is 5. The van der Waals surface area contributed by atoms with Gasteiger partial charge in [0.1, 0.15) is 11.2 Å². The Bertz CT molecular complexity index is 2700. The molecule has 1 heteroatoms. The minimum Gasteiger partial charge on any atom is -0.456 e. The van der Waals surface area contributed by atoms with Gasteiger partial charge in [-0.2, -0.15) is 0 Å². The first-order valence-electron chi connectivity index (χ1n) is 17.2. The summed E-state index contributed by atoms with van der Waals surface area (Å²) in [6.07, 6.45) is 6.06. The van der Waals surface area contributed by atoms with E-state index in [2.05, 4.69) is 170 Å². The quantitative estimate of drug-likeness (QED) is 0.165. The van der Waals surface area contributed by atoms with Gasteiger partial charge in [-0.15, -0.1) is 0 Å². The lowest BCUT2D eigenvalue weighted by Crippen LogP contribution is -1.91. The van der Waals surface area contributed by atoms with Gasteiger partial charge in [-0.1, -0.05) is 152 Å². The highest BCUT2D eigenvalue weighted by atomic mass is 16.3. The summed E-state index contributed by atoms with van der Waals surface area (Å²) < 4.78 is 6.29. The summed E-state index contributed by atoms with van der Waals surface area (Å²) in [5.41, 5.74) is 13.7. The average Bonchev–Trinajstić information content (AvgIpc) is 3.53. The van der Waals surface area contributed by atoms with Crippen molar-refractivity contribution in [2.24, 2.45) is 0 Å². The van der Waals surface area contributed by atoms with Gasteiger partial charge in [0.05, 0.1) is 0 Å². The van der Waals surface area contributed by atoms with Gasteiger partial charge in [-0.25, -0.2) is 0 Å². The first-order chi connectivity index (χ1) is 24.7. The van der Waals surface area contributed by atoms with Crippen molar-refractivity contribution in [1.82, 2.24) is 0 Å². The number of rotatable bonds is 6. The number of hydrogen-bond acceptors (Lipinski definition) is 1. The Kier molecular flexibility index (Phi) is 7.25. The molecule has 0 saturated heterocycles. The van der Waals surface area contributed by atoms with Crippen LogP contribution in [-0.2, 0) is 0 Å². The van der Waals surface area contributed by atoms with Crippen LogP contribution < -0.4 is 0 Å². The molecule has 0 radical (unpaired) electrons. The van der Waals surface area contributed by atoms with Gasteiger partial charge in [-0.05, 0) is 114 Å². The van der Waals surface area contributed by atoms with E-state index in [-0.39, 0.29) is 0 Å². The monoisotopic (exact) mass is 638 g/mol. The minimum absolute atomic E-state index is 0.889. The maximum absolute atomic E-state index is 6.29. The minimum atomic E-state index is 0.889. The van der Waals surface area contributed by atoms with Crippen molar-refractivity contribution >= 4 is 55.6 Å². The summed E-state index contributed by atoms with van der Waals surface area (Å²) in [6, 6.07) is 57.1. The number of furan rings is 1. The Morgan fingerprint density at radius 2 is 0.920 bits per heavy atom. The third-order valence-electron chi connectivity index (χ3n) is 9.94. The standard InChI is InChI=1S/C49H34O/c1-3-13-36-31-47-45(29-32(36)4-2)44-30-38(26-27-46(44)50-47)34-22-24-35(25-23-34)48-40-18-8-10-20-42(40)49(43-21-11-9-19-41(43)48)39-17-12-16-37(28-39)33-14-6-5-7-15-33/h3-31H,2H2,1H3/b13-3-. The second-order valence-electron chi connectivity index (χ2n) is 12.9. The van der Waals surface area contributed by atoms with Crippen LogP contribution in [0.2, 0.25) is 0 Å². The van der Waals surface area contributed by atoms with Gasteiger partial charge in [0.2, 0.25) is 0 Å². The Balaban J connectivity index is 1.17. The average molecular weight is 639 g/mol. The van der Waals surface area contributed by atoms with Crippen LogP contribution in [-0.4, -0.2) is 0 Å². The predicted molar refractivity (Wildman–Crippen MR) is 215 cm³/mol. The van der Waals surface area contributed by atoms with Gasteiger partial charge in [0.25, 0.3) is 0 Å². The van der Waals surface area contributed by atoms with Crippen LogP contribution in [0.25, 0.3) is 100 Å². The fraction of sp³-hybridized carbons (Fsp3) is 0.0204. The lowest BCUT2D eigenvalue weighted by molar-refractivity contribution is 0.669. The van der Waals surface area contributed by atoms with Crippen LogP contribution in [0, 0.1) is 0 Å². The molecule has 0 aliphatic heterocycles. The Hall–Kier alpha value is -6.44. The molecule has 50 heavy (non-hydrogen) atoms. The van der Waals surface area contributed by atoms with Crippen LogP contribution in [0.5, 0.6) is 0 Å². The van der Waals surface area contributed by atoms with E-state index >= 15 is 0 Å². The second kappa shape index (κ2) is 12.2. The highest BCUT2D eigenvalue weighted by molar-refractivity contribution is 6.21. The largest absolute Gasteiger partial charge is 0.456 e. The van der Waals surface area contributed by atoms with Gasteiger partial charge in [-0.3, -0.25) is 0 Å². The van der Waals surface area contributed by atoms with Crippen molar-refractivity contribution in [1.29, 1.82) is 0 Å². The molecular weight excluding hydrogens is 605 g/mol. The zero-order chi connectivity index (χ0) is 33.6. The lowest BCUT2D eigenvalue weighted by Gasteiger charge is -2.18. The molecule has 0 amide bonds. The highest BCUT2D eigenvalue weighted by Crippen LogP contribution is 2.44. The molecule has 0 aliphatic carbocycles. The van der Waals surface area contributed by atoms with E-state index < -0.39 is 0 Å². The molecule has 9 rings (SSSR count). The third-order valence-corrected chi connectivity index (χ3v) is 9.94. The SMILES string of the molecule is C=Cc1cc2c(cc1/C=C\C)oc1ccc(-c3ccc(-c4c5ccccc5c(-c5cccc(-c6ccccc6)c5)c5ccccc45)cc3)cc12. The first-order valence-corrected chi connectivity index (χ1v) is 17.2. The zero-order valence-electron chi connectivity index (χ0n) is 27.9. The number of hydrogen-bond donors (Lipinski definition) is 0. The summed E-state index contributed by atoms with van der Waals surface area (Å²) in [5, 5.41) is 7.23. The fourth-order valence-electron chi connectivity index (χ4n) is 7.60. The molecular formula is C49H34O. The van der Waals surface area contributed by atoms with E-state index in [4.69, 9.17) is 4.42 Å². The lowest BCUT2D eigenvalue weighted by atomic mass is 9.85. The molecule has 0 bridgehead atoms. The molecule has 1 aromatic heterocycles. The Morgan fingerprint density at radius 1 is 0.400 bits per heavy atom. The van der Waals surface area contributed by atoms with Crippen molar-refractivity contribution in [3.63, 3.8) is 0 Å². The van der Waals surface area contributed by atoms with E-state index in [1.54, 1.807) is 0 Å². The molecule has 0 saturated carbocycles. The van der Waals surface area contributed by atoms with Crippen LogP contribution in [0.1, 0.15) is 18.1 Å². The molecule has 0 aliphatic rings. The van der Waals surface area contributed by atoms with Crippen LogP contribution in [0.3, 0.4) is 0 Å². The summed E-state index contributed by atoms with van der Waals surface area (Å²) >= 11 is 0. The summed E-state index contributed by atoms with van der Waals surface area (Å²) in [7, 11) is 0. The maximum Gasteiger partial charge on any atom is 0.136 e. The van der Waals surface area contributed by atoms with Crippen molar-refractivity contribution in [3.05, 3.63) is 182 Å². The highest BCUT2D eigenvalue weighted by Gasteiger charge is 2.17. The van der Waals surface area contributed by atoms with Crippen LogP contribution in [0.4, 0.5) is 0 Å². The number of allylic oxidation sites excluding steroid dienone is 1. The smallest absolute Gasteiger partial charge is 0.136 e. The van der Waals surface area contributed by atoms with Gasteiger partial charge in [0.15, 0.2) is 0 Å². The fourth-order valence-corrected chi connectivity index (χ4v) is 7.60. The molecule has 0 N–H and O–H groups in total.